The monoisotopic (exact) mass is 394 g/mol. The molecule has 0 bridgehead atoms. The number of hydrogen-bond donors (Lipinski definition) is 1. The molecule has 1 amide bonds. The molecule has 5 rings (SSSR count). The molecule has 0 saturated carbocycles. The molecular weight excluding hydrogens is 376 g/mol. The normalized spacial score (nSPS) is 11.0. The Morgan fingerprint density at radius 1 is 0.867 bits per heavy atom. The van der Waals surface area contributed by atoms with E-state index in [1.165, 1.54) is 0 Å². The average Bonchev–Trinajstić information content (AvgIpc) is 3.17. The standard InChI is InChI=1S/C25H18N2O3/c1-16-7-8-17-14-18-15-23(30-25(18)27-22(17)13-16)24(28)26-19-9-11-21(12-10-19)29-20-5-3-2-4-6-20/h2-15H,1H3,(H,26,28). The third-order valence-corrected chi connectivity index (χ3v) is 4.77. The van der Waals surface area contributed by atoms with Crippen LogP contribution in [0.25, 0.3) is 22.0 Å². The Balaban J connectivity index is 1.34. The highest BCUT2D eigenvalue weighted by atomic mass is 16.5. The van der Waals surface area contributed by atoms with Crippen LogP contribution in [-0.4, -0.2) is 10.9 Å². The molecule has 0 atom stereocenters. The molecule has 0 aliphatic rings. The van der Waals surface area contributed by atoms with Crippen LogP contribution in [0.4, 0.5) is 5.69 Å². The Morgan fingerprint density at radius 3 is 2.43 bits per heavy atom. The van der Waals surface area contributed by atoms with Crippen LogP contribution in [-0.2, 0) is 0 Å². The van der Waals surface area contributed by atoms with Crippen LogP contribution in [0.15, 0.2) is 89.3 Å². The first-order valence-corrected chi connectivity index (χ1v) is 9.59. The topological polar surface area (TPSA) is 64.4 Å². The zero-order valence-corrected chi connectivity index (χ0v) is 16.3. The number of fused-ring (bicyclic) bond motifs is 2. The van der Waals surface area contributed by atoms with Gasteiger partial charge in [0.25, 0.3) is 5.91 Å². The Bertz CT molecular complexity index is 1360. The van der Waals surface area contributed by atoms with Crippen LogP contribution in [0, 0.1) is 6.92 Å². The molecular formula is C25H18N2O3. The Kier molecular flexibility index (Phi) is 4.41. The number of anilines is 1. The lowest BCUT2D eigenvalue weighted by molar-refractivity contribution is 0.0998. The number of para-hydroxylation sites is 1. The maximum atomic E-state index is 12.6. The van der Waals surface area contributed by atoms with Gasteiger partial charge in [0.1, 0.15) is 11.5 Å². The van der Waals surface area contributed by atoms with E-state index < -0.39 is 0 Å². The molecule has 0 unspecified atom stereocenters. The first kappa shape index (κ1) is 17.9. The van der Waals surface area contributed by atoms with E-state index in [1.807, 2.05) is 61.5 Å². The number of hydrogen-bond acceptors (Lipinski definition) is 4. The molecule has 5 heteroatoms. The molecule has 0 spiro atoms. The summed E-state index contributed by atoms with van der Waals surface area (Å²) in [7, 11) is 0. The molecule has 2 aromatic heterocycles. The second-order valence-electron chi connectivity index (χ2n) is 7.08. The van der Waals surface area contributed by atoms with Crippen molar-refractivity contribution in [3.8, 4) is 11.5 Å². The van der Waals surface area contributed by atoms with E-state index >= 15 is 0 Å². The van der Waals surface area contributed by atoms with Gasteiger partial charge in [0.2, 0.25) is 5.71 Å². The fourth-order valence-electron chi connectivity index (χ4n) is 3.27. The predicted molar refractivity (Wildman–Crippen MR) is 117 cm³/mol. The summed E-state index contributed by atoms with van der Waals surface area (Å²) in [5.74, 6) is 1.33. The zero-order chi connectivity index (χ0) is 20.5. The number of nitrogens with one attached hydrogen (secondary N) is 1. The number of carbonyl (C=O) groups excluding carboxylic acids is 1. The van der Waals surface area contributed by atoms with E-state index in [-0.39, 0.29) is 11.7 Å². The average molecular weight is 394 g/mol. The van der Waals surface area contributed by atoms with Gasteiger partial charge in [-0.15, -0.1) is 0 Å². The SMILES string of the molecule is Cc1ccc2cc3cc(C(=O)Nc4ccc(Oc5ccccc5)cc4)oc3nc2c1. The number of carbonyl (C=O) groups is 1. The van der Waals surface area contributed by atoms with Crippen molar-refractivity contribution >= 4 is 33.6 Å². The van der Waals surface area contributed by atoms with Crippen LogP contribution in [0.1, 0.15) is 16.1 Å². The van der Waals surface area contributed by atoms with Crippen LogP contribution < -0.4 is 10.1 Å². The number of pyridine rings is 1. The van der Waals surface area contributed by atoms with Gasteiger partial charge in [-0.25, -0.2) is 4.98 Å². The fourth-order valence-corrected chi connectivity index (χ4v) is 3.27. The van der Waals surface area contributed by atoms with Gasteiger partial charge >= 0.3 is 0 Å². The third-order valence-electron chi connectivity index (χ3n) is 4.77. The summed E-state index contributed by atoms with van der Waals surface area (Å²) in [6, 6.07) is 26.4. The highest BCUT2D eigenvalue weighted by Gasteiger charge is 2.14. The zero-order valence-electron chi connectivity index (χ0n) is 16.3. The number of benzene rings is 3. The van der Waals surface area contributed by atoms with Gasteiger partial charge in [0.05, 0.1) is 5.52 Å². The van der Waals surface area contributed by atoms with E-state index in [4.69, 9.17) is 9.15 Å². The molecule has 5 aromatic rings. The van der Waals surface area contributed by atoms with Crippen molar-refractivity contribution in [2.24, 2.45) is 0 Å². The van der Waals surface area contributed by atoms with Gasteiger partial charge < -0.3 is 14.5 Å². The third kappa shape index (κ3) is 3.61. The Morgan fingerprint density at radius 2 is 1.63 bits per heavy atom. The van der Waals surface area contributed by atoms with E-state index in [2.05, 4.69) is 10.3 Å². The number of nitrogens with zero attached hydrogens (tertiary/aromatic N) is 1. The first-order chi connectivity index (χ1) is 14.6. The number of furan rings is 1. The number of aromatic nitrogens is 1. The summed E-state index contributed by atoms with van der Waals surface area (Å²) in [5, 5.41) is 4.65. The van der Waals surface area contributed by atoms with Gasteiger partial charge in [0.15, 0.2) is 5.76 Å². The number of amides is 1. The molecule has 146 valence electrons. The minimum atomic E-state index is -0.329. The highest BCUT2D eigenvalue weighted by molar-refractivity contribution is 6.05. The molecule has 0 aliphatic carbocycles. The number of aryl methyl sites for hydroxylation is 1. The number of ether oxygens (including phenoxy) is 1. The van der Waals surface area contributed by atoms with Crippen molar-refractivity contribution < 1.29 is 13.9 Å². The molecule has 30 heavy (non-hydrogen) atoms. The van der Waals surface area contributed by atoms with Gasteiger partial charge in [-0.3, -0.25) is 4.79 Å². The Hall–Kier alpha value is -4.12. The maximum absolute atomic E-state index is 12.6. The largest absolute Gasteiger partial charge is 0.457 e. The van der Waals surface area contributed by atoms with Gasteiger partial charge in [-0.1, -0.05) is 30.3 Å². The molecule has 0 radical (unpaired) electrons. The van der Waals surface area contributed by atoms with Crippen LogP contribution in [0.2, 0.25) is 0 Å². The molecule has 0 aliphatic heterocycles. The summed E-state index contributed by atoms with van der Waals surface area (Å²) in [5.41, 5.74) is 3.07. The van der Waals surface area contributed by atoms with Crippen molar-refractivity contribution in [2.75, 3.05) is 5.32 Å². The van der Waals surface area contributed by atoms with Crippen molar-refractivity contribution in [3.05, 3.63) is 96.3 Å². The summed E-state index contributed by atoms with van der Waals surface area (Å²) in [6.07, 6.45) is 0. The lowest BCUT2D eigenvalue weighted by Gasteiger charge is -2.07. The maximum Gasteiger partial charge on any atom is 0.291 e. The quantitative estimate of drug-likeness (QED) is 0.387. The van der Waals surface area contributed by atoms with Crippen LogP contribution >= 0.6 is 0 Å². The fraction of sp³-hybridized carbons (Fsp3) is 0.0400. The van der Waals surface area contributed by atoms with E-state index in [0.717, 1.165) is 27.6 Å². The number of rotatable bonds is 4. The van der Waals surface area contributed by atoms with Crippen molar-refractivity contribution in [2.45, 2.75) is 6.92 Å². The van der Waals surface area contributed by atoms with Crippen molar-refractivity contribution in [1.29, 1.82) is 0 Å². The van der Waals surface area contributed by atoms with E-state index in [9.17, 15) is 4.79 Å². The second-order valence-corrected chi connectivity index (χ2v) is 7.08. The van der Waals surface area contributed by atoms with Crippen molar-refractivity contribution in [3.63, 3.8) is 0 Å². The summed E-state index contributed by atoms with van der Waals surface area (Å²) in [4.78, 5) is 17.2. The smallest absolute Gasteiger partial charge is 0.291 e. The lowest BCUT2D eigenvalue weighted by Crippen LogP contribution is -2.10. The van der Waals surface area contributed by atoms with E-state index in [0.29, 0.717) is 17.2 Å². The molecule has 5 nitrogen and oxygen atoms in total. The molecule has 0 fully saturated rings. The van der Waals surface area contributed by atoms with Gasteiger partial charge in [-0.05, 0) is 67.1 Å². The van der Waals surface area contributed by atoms with Gasteiger partial charge in [0, 0.05) is 16.5 Å². The van der Waals surface area contributed by atoms with Crippen LogP contribution in [0.5, 0.6) is 11.5 Å². The lowest BCUT2D eigenvalue weighted by atomic mass is 10.1. The second kappa shape index (κ2) is 7.37. The predicted octanol–water partition coefficient (Wildman–Crippen LogP) is 6.33. The molecule has 0 saturated heterocycles. The molecule has 3 aromatic carbocycles. The minimum Gasteiger partial charge on any atom is -0.457 e. The summed E-state index contributed by atoms with van der Waals surface area (Å²) < 4.78 is 11.5. The Labute approximate surface area is 172 Å². The van der Waals surface area contributed by atoms with Crippen molar-refractivity contribution in [1.82, 2.24) is 4.98 Å². The van der Waals surface area contributed by atoms with E-state index in [1.54, 1.807) is 30.3 Å². The molecule has 2 heterocycles. The molecule has 1 N–H and O–H groups in total. The minimum absolute atomic E-state index is 0.217. The summed E-state index contributed by atoms with van der Waals surface area (Å²) >= 11 is 0. The summed E-state index contributed by atoms with van der Waals surface area (Å²) in [6.45, 7) is 2.02. The van der Waals surface area contributed by atoms with Gasteiger partial charge in [-0.2, -0.15) is 0 Å². The first-order valence-electron chi connectivity index (χ1n) is 9.59. The van der Waals surface area contributed by atoms with Crippen LogP contribution in [0.3, 0.4) is 0 Å². The highest BCUT2D eigenvalue weighted by Crippen LogP contribution is 2.25.